The van der Waals surface area contributed by atoms with Gasteiger partial charge in [-0.05, 0) is 50.3 Å². The zero-order chi connectivity index (χ0) is 26.6. The third kappa shape index (κ3) is 3.63. The number of fused-ring (bicyclic) bond motifs is 3. The highest BCUT2D eigenvalue weighted by atomic mass is 35.5. The molecule has 0 saturated carbocycles. The summed E-state index contributed by atoms with van der Waals surface area (Å²) in [6.45, 7) is 0. The van der Waals surface area contributed by atoms with Crippen LogP contribution in [0.1, 0.15) is 6.85 Å². The highest BCUT2D eigenvalue weighted by molar-refractivity contribution is 6.28. The van der Waals surface area contributed by atoms with Gasteiger partial charge in [-0.25, -0.2) is 4.98 Å². The third-order valence-corrected chi connectivity index (χ3v) is 5.72. The van der Waals surface area contributed by atoms with Gasteiger partial charge in [-0.15, -0.1) is 0 Å². The van der Waals surface area contributed by atoms with E-state index in [1.165, 1.54) is 10.8 Å². The molecule has 0 saturated heterocycles. The standard InChI is InChI=1S/C29H18ClN3/c30-29-32-27(20-8-2-1-3-9-20)31-28(33-29)21-16-14-19(15-17-21)26-18-22-10-4-5-11-23(22)24-12-6-7-13-25(24)26/h1-18H/i1D,2D,3D,8D,9D. The first-order chi connectivity index (χ1) is 18.3. The van der Waals surface area contributed by atoms with E-state index in [1.54, 1.807) is 0 Å². The maximum atomic E-state index is 8.25. The molecule has 4 heteroatoms. The predicted octanol–water partition coefficient (Wildman–Crippen LogP) is 7.83. The second-order valence-electron chi connectivity index (χ2n) is 7.52. The summed E-state index contributed by atoms with van der Waals surface area (Å²) < 4.78 is 40.2. The summed E-state index contributed by atoms with van der Waals surface area (Å²) in [5.74, 6) is 0.156. The molecule has 5 aromatic carbocycles. The number of hydrogen-bond acceptors (Lipinski definition) is 3. The average molecular weight is 449 g/mol. The molecule has 0 N–H and O–H groups in total. The van der Waals surface area contributed by atoms with Gasteiger partial charge in [0, 0.05) is 11.1 Å². The van der Waals surface area contributed by atoms with Gasteiger partial charge in [0.25, 0.3) is 0 Å². The number of aromatic nitrogens is 3. The molecule has 0 amide bonds. The van der Waals surface area contributed by atoms with E-state index in [0.29, 0.717) is 5.56 Å². The molecule has 0 aliphatic rings. The molecule has 3 nitrogen and oxygen atoms in total. The van der Waals surface area contributed by atoms with Gasteiger partial charge >= 0.3 is 0 Å². The summed E-state index contributed by atoms with van der Waals surface area (Å²) in [6.07, 6.45) is 0. The first-order valence-electron chi connectivity index (χ1n) is 12.8. The first kappa shape index (κ1) is 14.9. The molecule has 1 aromatic heterocycles. The molecule has 156 valence electrons. The largest absolute Gasteiger partial charge is 0.226 e. The third-order valence-electron chi connectivity index (χ3n) is 5.55. The zero-order valence-electron chi connectivity index (χ0n) is 22.2. The lowest BCUT2D eigenvalue weighted by molar-refractivity contribution is 1.07. The summed E-state index contributed by atoms with van der Waals surface area (Å²) in [7, 11) is 0. The van der Waals surface area contributed by atoms with Crippen LogP contribution in [0, 0.1) is 0 Å². The molecule has 33 heavy (non-hydrogen) atoms. The van der Waals surface area contributed by atoms with E-state index in [1.807, 2.05) is 48.5 Å². The van der Waals surface area contributed by atoms with Crippen LogP contribution in [-0.4, -0.2) is 15.0 Å². The van der Waals surface area contributed by atoms with E-state index in [-0.39, 0.29) is 22.5 Å². The summed E-state index contributed by atoms with van der Waals surface area (Å²) in [5, 5.41) is 4.53. The van der Waals surface area contributed by atoms with Crippen molar-refractivity contribution in [2.24, 2.45) is 0 Å². The van der Waals surface area contributed by atoms with E-state index in [4.69, 9.17) is 18.5 Å². The Bertz CT molecular complexity index is 1860. The maximum absolute atomic E-state index is 8.25. The van der Waals surface area contributed by atoms with Crippen LogP contribution >= 0.6 is 11.6 Å². The highest BCUT2D eigenvalue weighted by Gasteiger charge is 2.11. The second-order valence-corrected chi connectivity index (χ2v) is 7.86. The number of hydrogen-bond donors (Lipinski definition) is 0. The fourth-order valence-electron chi connectivity index (χ4n) is 4.04. The Kier molecular flexibility index (Phi) is 3.66. The minimum atomic E-state index is -0.485. The van der Waals surface area contributed by atoms with Gasteiger partial charge in [0.15, 0.2) is 11.6 Å². The van der Waals surface area contributed by atoms with Crippen molar-refractivity contribution in [3.8, 4) is 33.9 Å². The van der Waals surface area contributed by atoms with Gasteiger partial charge in [0.2, 0.25) is 5.28 Å². The zero-order valence-corrected chi connectivity index (χ0v) is 18.0. The van der Waals surface area contributed by atoms with Crippen molar-refractivity contribution in [3.05, 3.63) is 114 Å². The number of rotatable bonds is 3. The molecule has 1 heterocycles. The summed E-state index contributed by atoms with van der Waals surface area (Å²) in [4.78, 5) is 12.7. The lowest BCUT2D eigenvalue weighted by Gasteiger charge is -2.11. The van der Waals surface area contributed by atoms with E-state index in [2.05, 4.69) is 45.3 Å². The minimum Gasteiger partial charge on any atom is -0.208 e. The van der Waals surface area contributed by atoms with Crippen molar-refractivity contribution in [2.45, 2.75) is 0 Å². The molecular formula is C29H18ClN3. The fourth-order valence-corrected chi connectivity index (χ4v) is 4.20. The van der Waals surface area contributed by atoms with Crippen molar-refractivity contribution in [3.63, 3.8) is 0 Å². The Balaban J connectivity index is 1.46. The van der Waals surface area contributed by atoms with Gasteiger partial charge in [-0.2, -0.15) is 9.97 Å². The van der Waals surface area contributed by atoms with Gasteiger partial charge in [0.05, 0.1) is 6.85 Å². The van der Waals surface area contributed by atoms with Crippen molar-refractivity contribution in [1.82, 2.24) is 15.0 Å². The lowest BCUT2D eigenvalue weighted by atomic mass is 9.93. The van der Waals surface area contributed by atoms with Crippen LogP contribution in [0.25, 0.3) is 55.4 Å². The molecule has 0 radical (unpaired) electrons. The van der Waals surface area contributed by atoms with Crippen molar-refractivity contribution < 1.29 is 6.85 Å². The van der Waals surface area contributed by atoms with Crippen LogP contribution < -0.4 is 0 Å². The van der Waals surface area contributed by atoms with Crippen LogP contribution in [-0.2, 0) is 0 Å². The molecule has 0 aliphatic carbocycles. The molecule has 0 aliphatic heterocycles. The molecule has 0 unspecified atom stereocenters. The molecule has 0 spiro atoms. The molecule has 0 fully saturated rings. The molecule has 0 atom stereocenters. The lowest BCUT2D eigenvalue weighted by Crippen LogP contribution is -1.97. The molecule has 6 rings (SSSR count). The average Bonchev–Trinajstić information content (AvgIpc) is 2.94. The number of nitrogens with zero attached hydrogens (tertiary/aromatic N) is 3. The van der Waals surface area contributed by atoms with Crippen molar-refractivity contribution >= 4 is 33.1 Å². The first-order valence-corrected chi connectivity index (χ1v) is 10.7. The van der Waals surface area contributed by atoms with Crippen LogP contribution in [0.4, 0.5) is 0 Å². The van der Waals surface area contributed by atoms with Crippen LogP contribution in [0.3, 0.4) is 0 Å². The number of benzene rings is 5. The van der Waals surface area contributed by atoms with Gasteiger partial charge in [-0.3, -0.25) is 0 Å². The van der Waals surface area contributed by atoms with Gasteiger partial charge < -0.3 is 0 Å². The molecule has 6 aromatic rings. The van der Waals surface area contributed by atoms with E-state index in [0.717, 1.165) is 21.9 Å². The Labute approximate surface area is 203 Å². The Hall–Kier alpha value is -4.08. The highest BCUT2D eigenvalue weighted by Crippen LogP contribution is 2.35. The smallest absolute Gasteiger partial charge is 0.208 e. The predicted molar refractivity (Wildman–Crippen MR) is 136 cm³/mol. The van der Waals surface area contributed by atoms with Crippen molar-refractivity contribution in [1.29, 1.82) is 0 Å². The summed E-state index contributed by atoms with van der Waals surface area (Å²) in [5.41, 5.74) is 2.64. The van der Waals surface area contributed by atoms with Gasteiger partial charge in [-0.1, -0.05) is 103 Å². The quantitative estimate of drug-likeness (QED) is 0.259. The van der Waals surface area contributed by atoms with Crippen LogP contribution in [0.5, 0.6) is 0 Å². The normalized spacial score (nSPS) is 13.3. The van der Waals surface area contributed by atoms with Crippen LogP contribution in [0.15, 0.2) is 109 Å². The van der Waals surface area contributed by atoms with Crippen LogP contribution in [0.2, 0.25) is 5.28 Å². The fraction of sp³-hybridized carbons (Fsp3) is 0. The van der Waals surface area contributed by atoms with E-state index >= 15 is 0 Å². The number of halogens is 1. The Morgan fingerprint density at radius 2 is 1.18 bits per heavy atom. The molecular weight excluding hydrogens is 426 g/mol. The van der Waals surface area contributed by atoms with E-state index < -0.39 is 30.2 Å². The van der Waals surface area contributed by atoms with E-state index in [9.17, 15) is 0 Å². The van der Waals surface area contributed by atoms with Gasteiger partial charge in [0.1, 0.15) is 0 Å². The Morgan fingerprint density at radius 1 is 0.576 bits per heavy atom. The minimum absolute atomic E-state index is 0.0819. The Morgan fingerprint density at radius 3 is 1.94 bits per heavy atom. The van der Waals surface area contributed by atoms with Crippen molar-refractivity contribution in [2.75, 3.05) is 0 Å². The SMILES string of the molecule is [2H]c1c([2H])c([2H])c(-c2nc(Cl)nc(-c3ccc(-c4cc5ccccc5c5ccccc45)cc3)n2)c([2H])c1[2H]. The summed E-state index contributed by atoms with van der Waals surface area (Å²) in [6, 6.07) is 24.3. The second kappa shape index (κ2) is 8.12. The topological polar surface area (TPSA) is 38.7 Å². The molecule has 0 bridgehead atoms. The maximum Gasteiger partial charge on any atom is 0.226 e. The monoisotopic (exact) mass is 448 g/mol. The summed E-state index contributed by atoms with van der Waals surface area (Å²) >= 11 is 6.20.